The molecule has 0 bridgehead atoms. The number of aryl methyl sites for hydroxylation is 2. The van der Waals surface area contributed by atoms with E-state index in [1.807, 2.05) is 6.20 Å². The van der Waals surface area contributed by atoms with E-state index in [1.54, 1.807) is 11.3 Å². The van der Waals surface area contributed by atoms with Crippen molar-refractivity contribution in [1.82, 2.24) is 4.98 Å². The second kappa shape index (κ2) is 6.75. The summed E-state index contributed by atoms with van der Waals surface area (Å²) in [5.74, 6) is 0. The van der Waals surface area contributed by atoms with Crippen molar-refractivity contribution in [1.29, 1.82) is 0 Å². The molecule has 0 radical (unpaired) electrons. The predicted molar refractivity (Wildman–Crippen MR) is 88.9 cm³/mol. The molecule has 3 nitrogen and oxygen atoms in total. The molecule has 0 atom stereocenters. The number of benzene rings is 1. The number of aromatic nitrogens is 1. The van der Waals surface area contributed by atoms with Crippen LogP contribution < -0.4 is 10.2 Å². The average molecular weight is 289 g/mol. The Morgan fingerprint density at radius 3 is 2.55 bits per heavy atom. The quantitative estimate of drug-likeness (QED) is 0.863. The van der Waals surface area contributed by atoms with Gasteiger partial charge in [-0.2, -0.15) is 0 Å². The van der Waals surface area contributed by atoms with E-state index in [0.717, 1.165) is 24.6 Å². The third-order valence-corrected chi connectivity index (χ3v) is 4.06. The Balaban J connectivity index is 2.03. The normalized spacial score (nSPS) is 10.6. The number of rotatable bonds is 6. The summed E-state index contributed by atoms with van der Waals surface area (Å²) in [5.41, 5.74) is 3.88. The molecule has 1 N–H and O–H groups in total. The van der Waals surface area contributed by atoms with Gasteiger partial charge in [0.25, 0.3) is 0 Å². The molecule has 1 aromatic heterocycles. The maximum atomic E-state index is 4.42. The lowest BCUT2D eigenvalue weighted by Crippen LogP contribution is -2.15. The van der Waals surface area contributed by atoms with Crippen LogP contribution in [0.15, 0.2) is 24.4 Å². The van der Waals surface area contributed by atoms with Crippen LogP contribution in [-0.2, 0) is 6.54 Å². The average Bonchev–Trinajstić information content (AvgIpc) is 2.82. The number of nitrogens with zero attached hydrogens (tertiary/aromatic N) is 2. The van der Waals surface area contributed by atoms with Gasteiger partial charge in [-0.25, -0.2) is 4.98 Å². The first kappa shape index (κ1) is 14.9. The van der Waals surface area contributed by atoms with Crippen molar-refractivity contribution >= 4 is 22.2 Å². The second-order valence-electron chi connectivity index (χ2n) is 5.26. The molecule has 2 rings (SSSR count). The van der Waals surface area contributed by atoms with Crippen LogP contribution in [0.5, 0.6) is 0 Å². The summed E-state index contributed by atoms with van der Waals surface area (Å²) in [6.07, 6.45) is 3.10. The molecule has 0 amide bonds. The number of hydrogen-bond acceptors (Lipinski definition) is 4. The molecule has 108 valence electrons. The van der Waals surface area contributed by atoms with Crippen molar-refractivity contribution in [3.63, 3.8) is 0 Å². The maximum Gasteiger partial charge on any atom is 0.182 e. The molecule has 20 heavy (non-hydrogen) atoms. The van der Waals surface area contributed by atoms with E-state index in [0.29, 0.717) is 0 Å². The Morgan fingerprint density at radius 1 is 1.20 bits per heavy atom. The fourth-order valence-corrected chi connectivity index (χ4v) is 3.08. The van der Waals surface area contributed by atoms with E-state index in [1.165, 1.54) is 21.7 Å². The van der Waals surface area contributed by atoms with E-state index in [9.17, 15) is 0 Å². The zero-order chi connectivity index (χ0) is 14.5. The topological polar surface area (TPSA) is 28.2 Å². The van der Waals surface area contributed by atoms with Gasteiger partial charge in [0, 0.05) is 30.4 Å². The summed E-state index contributed by atoms with van der Waals surface area (Å²) in [6.45, 7) is 8.33. The molecule has 1 heterocycles. The lowest BCUT2D eigenvalue weighted by molar-refractivity contribution is 0.934. The maximum absolute atomic E-state index is 4.42. The van der Waals surface area contributed by atoms with Crippen LogP contribution in [0, 0.1) is 13.8 Å². The molecule has 0 aliphatic rings. The molecular weight excluding hydrogens is 266 g/mol. The summed E-state index contributed by atoms with van der Waals surface area (Å²) in [5, 5.41) is 4.36. The van der Waals surface area contributed by atoms with Crippen LogP contribution >= 0.6 is 11.3 Å². The zero-order valence-corrected chi connectivity index (χ0v) is 13.5. The van der Waals surface area contributed by atoms with E-state index < -0.39 is 0 Å². The van der Waals surface area contributed by atoms with Crippen molar-refractivity contribution in [2.24, 2.45) is 0 Å². The van der Waals surface area contributed by atoms with Gasteiger partial charge < -0.3 is 10.2 Å². The first-order valence-electron chi connectivity index (χ1n) is 7.06. The molecule has 2 aromatic rings. The molecule has 0 aliphatic heterocycles. The molecule has 4 heteroatoms. The Bertz CT molecular complexity index is 542. The molecule has 1 aromatic carbocycles. The Kier molecular flexibility index (Phi) is 5.01. The fourth-order valence-electron chi connectivity index (χ4n) is 2.19. The summed E-state index contributed by atoms with van der Waals surface area (Å²) < 4.78 is 0. The predicted octanol–water partition coefficient (Wildman–Crippen LogP) is 4.22. The van der Waals surface area contributed by atoms with Crippen LogP contribution in [0.3, 0.4) is 0 Å². The molecule has 0 fully saturated rings. The highest BCUT2D eigenvalue weighted by Crippen LogP contribution is 2.23. The third kappa shape index (κ3) is 3.97. The summed E-state index contributed by atoms with van der Waals surface area (Å²) in [7, 11) is 2.13. The molecule has 0 saturated heterocycles. The Labute approximate surface area is 125 Å². The van der Waals surface area contributed by atoms with Crippen LogP contribution in [0.4, 0.5) is 10.8 Å². The SMILES string of the molecule is CCCNc1ncc(CN(C)c2cc(C)cc(C)c2)s1. The largest absolute Gasteiger partial charge is 0.369 e. The third-order valence-electron chi connectivity index (χ3n) is 3.12. The highest BCUT2D eigenvalue weighted by atomic mass is 32.1. The van der Waals surface area contributed by atoms with E-state index in [4.69, 9.17) is 0 Å². The summed E-state index contributed by atoms with van der Waals surface area (Å²) in [4.78, 5) is 7.97. The molecule has 0 unspecified atom stereocenters. The fraction of sp³-hybridized carbons (Fsp3) is 0.438. The van der Waals surface area contributed by atoms with E-state index in [2.05, 4.69) is 61.2 Å². The standard InChI is InChI=1S/C16H23N3S/c1-5-6-17-16-18-10-15(20-16)11-19(4)14-8-12(2)7-13(3)9-14/h7-10H,5-6,11H2,1-4H3,(H,17,18). The van der Waals surface area contributed by atoms with Gasteiger partial charge in [0.05, 0.1) is 6.54 Å². The molecular formula is C16H23N3S. The van der Waals surface area contributed by atoms with Gasteiger partial charge in [-0.15, -0.1) is 11.3 Å². The highest BCUT2D eigenvalue weighted by Gasteiger charge is 2.07. The first-order valence-corrected chi connectivity index (χ1v) is 7.88. The van der Waals surface area contributed by atoms with Crippen molar-refractivity contribution in [2.45, 2.75) is 33.7 Å². The van der Waals surface area contributed by atoms with Crippen molar-refractivity contribution < 1.29 is 0 Å². The van der Waals surface area contributed by atoms with Crippen LogP contribution in [0.25, 0.3) is 0 Å². The van der Waals surface area contributed by atoms with Gasteiger partial charge >= 0.3 is 0 Å². The monoisotopic (exact) mass is 289 g/mol. The van der Waals surface area contributed by atoms with Gasteiger partial charge in [-0.3, -0.25) is 0 Å². The summed E-state index contributed by atoms with van der Waals surface area (Å²) in [6, 6.07) is 6.66. The van der Waals surface area contributed by atoms with Gasteiger partial charge in [0.1, 0.15) is 0 Å². The van der Waals surface area contributed by atoms with Crippen LogP contribution in [-0.4, -0.2) is 18.6 Å². The van der Waals surface area contributed by atoms with Crippen LogP contribution in [0.1, 0.15) is 29.3 Å². The van der Waals surface area contributed by atoms with E-state index in [-0.39, 0.29) is 0 Å². The minimum atomic E-state index is 0.897. The number of thiazole rings is 1. The number of nitrogens with one attached hydrogen (secondary N) is 1. The zero-order valence-electron chi connectivity index (χ0n) is 12.7. The van der Waals surface area contributed by atoms with Gasteiger partial charge in [0.15, 0.2) is 5.13 Å². The van der Waals surface area contributed by atoms with Gasteiger partial charge in [-0.05, 0) is 43.5 Å². The number of hydrogen-bond donors (Lipinski definition) is 1. The Hall–Kier alpha value is -1.55. The smallest absolute Gasteiger partial charge is 0.182 e. The lowest BCUT2D eigenvalue weighted by Gasteiger charge is -2.19. The van der Waals surface area contributed by atoms with Crippen molar-refractivity contribution in [3.05, 3.63) is 40.4 Å². The van der Waals surface area contributed by atoms with Gasteiger partial charge in [0.2, 0.25) is 0 Å². The lowest BCUT2D eigenvalue weighted by atomic mass is 10.1. The first-order chi connectivity index (χ1) is 9.58. The molecule has 0 spiro atoms. The van der Waals surface area contributed by atoms with Crippen molar-refractivity contribution in [3.8, 4) is 0 Å². The molecule has 0 saturated carbocycles. The highest BCUT2D eigenvalue weighted by molar-refractivity contribution is 7.15. The van der Waals surface area contributed by atoms with E-state index >= 15 is 0 Å². The summed E-state index contributed by atoms with van der Waals surface area (Å²) >= 11 is 1.74. The number of anilines is 2. The second-order valence-corrected chi connectivity index (χ2v) is 6.38. The minimum absolute atomic E-state index is 0.897. The Morgan fingerprint density at radius 2 is 1.90 bits per heavy atom. The van der Waals surface area contributed by atoms with Gasteiger partial charge in [-0.1, -0.05) is 13.0 Å². The van der Waals surface area contributed by atoms with Crippen LogP contribution in [0.2, 0.25) is 0 Å². The van der Waals surface area contributed by atoms with Crippen molar-refractivity contribution in [2.75, 3.05) is 23.8 Å². The minimum Gasteiger partial charge on any atom is -0.369 e. The molecule has 0 aliphatic carbocycles.